The maximum absolute atomic E-state index is 14.3. The average Bonchev–Trinajstić information content (AvgIpc) is 2.89. The van der Waals surface area contributed by atoms with Crippen LogP contribution in [0.1, 0.15) is 33.4 Å². The summed E-state index contributed by atoms with van der Waals surface area (Å²) in [5.74, 6) is -1.29. The van der Waals surface area contributed by atoms with Gasteiger partial charge in [-0.05, 0) is 48.5 Å². The lowest BCUT2D eigenvalue weighted by atomic mass is 9.92. The number of carbonyl (C=O) groups is 1. The highest BCUT2D eigenvalue weighted by Crippen LogP contribution is 2.40. The van der Waals surface area contributed by atoms with Crippen molar-refractivity contribution in [1.29, 1.82) is 0 Å². The Morgan fingerprint density at radius 3 is 2.46 bits per heavy atom. The number of piperidine rings is 1. The zero-order valence-corrected chi connectivity index (χ0v) is 25.4. The zero-order chi connectivity index (χ0) is 29.9. The van der Waals surface area contributed by atoms with Crippen LogP contribution in [0.25, 0.3) is 11.3 Å². The van der Waals surface area contributed by atoms with Gasteiger partial charge in [0.2, 0.25) is 0 Å². The Labute approximate surface area is 241 Å². The van der Waals surface area contributed by atoms with E-state index >= 15 is 0 Å². The molecule has 0 radical (unpaired) electrons. The molecular formula is C30H39F2N5O3Si. The van der Waals surface area contributed by atoms with Gasteiger partial charge in [-0.25, -0.2) is 13.6 Å². The predicted molar refractivity (Wildman–Crippen MR) is 160 cm³/mol. The lowest BCUT2D eigenvalue weighted by Gasteiger charge is -2.48. The zero-order valence-electron chi connectivity index (χ0n) is 24.4. The largest absolute Gasteiger partial charge is 0.465 e. The Bertz CT molecular complexity index is 1360. The van der Waals surface area contributed by atoms with E-state index < -0.39 is 32.1 Å². The van der Waals surface area contributed by atoms with Crippen molar-refractivity contribution >= 4 is 25.8 Å². The number of hydrogen-bond acceptors (Lipinski definition) is 6. The molecule has 1 aliphatic heterocycles. The van der Waals surface area contributed by atoms with Crippen molar-refractivity contribution in [3.63, 3.8) is 0 Å². The molecule has 1 amide bonds. The Morgan fingerprint density at radius 2 is 1.80 bits per heavy atom. The number of nitrogens with zero attached hydrogens (tertiary/aromatic N) is 3. The number of halogens is 2. The van der Waals surface area contributed by atoms with Gasteiger partial charge in [-0.15, -0.1) is 0 Å². The molecule has 4 rings (SSSR count). The molecule has 2 aromatic heterocycles. The second-order valence-corrected chi connectivity index (χ2v) is 16.9. The number of hydrogen-bond donors (Lipinski definition) is 3. The Morgan fingerprint density at radius 1 is 1.12 bits per heavy atom. The van der Waals surface area contributed by atoms with Crippen molar-refractivity contribution in [2.75, 3.05) is 23.3 Å². The van der Waals surface area contributed by atoms with Gasteiger partial charge in [0, 0.05) is 25.2 Å². The van der Waals surface area contributed by atoms with E-state index in [1.54, 1.807) is 30.6 Å². The second-order valence-electron chi connectivity index (χ2n) is 12.1. The van der Waals surface area contributed by atoms with Crippen LogP contribution >= 0.6 is 0 Å². The predicted octanol–water partition coefficient (Wildman–Crippen LogP) is 6.52. The second kappa shape index (κ2) is 12.1. The topological polar surface area (TPSA) is 99.6 Å². The minimum absolute atomic E-state index is 0.0107. The molecule has 220 valence electrons. The molecule has 0 unspecified atom stereocenters. The molecule has 0 spiro atoms. The number of pyridine rings is 2. The summed E-state index contributed by atoms with van der Waals surface area (Å²) in [7, 11) is -2.15. The third-order valence-electron chi connectivity index (χ3n) is 8.05. The van der Waals surface area contributed by atoms with Crippen LogP contribution in [-0.4, -0.2) is 54.7 Å². The van der Waals surface area contributed by atoms with E-state index in [1.807, 2.05) is 6.07 Å². The summed E-state index contributed by atoms with van der Waals surface area (Å²) in [6, 6.07) is 10.3. The summed E-state index contributed by atoms with van der Waals surface area (Å²) < 4.78 is 35.4. The number of benzene rings is 1. The fourth-order valence-corrected chi connectivity index (χ4v) is 6.34. The lowest BCUT2D eigenvalue weighted by molar-refractivity contribution is 0.0722. The van der Waals surface area contributed by atoms with Gasteiger partial charge in [0.25, 0.3) is 0 Å². The highest BCUT2D eigenvalue weighted by Gasteiger charge is 2.45. The summed E-state index contributed by atoms with van der Waals surface area (Å²) in [5.41, 5.74) is 2.25. The third-order valence-corrected chi connectivity index (χ3v) is 12.5. The number of anilines is 2. The van der Waals surface area contributed by atoms with Gasteiger partial charge >= 0.3 is 6.09 Å². The van der Waals surface area contributed by atoms with Crippen molar-refractivity contribution in [3.8, 4) is 11.3 Å². The van der Waals surface area contributed by atoms with Crippen LogP contribution in [0.4, 0.5) is 25.0 Å². The number of nitrogens with one attached hydrogen (secondary N) is 2. The summed E-state index contributed by atoms with van der Waals surface area (Å²) in [4.78, 5) is 22.7. The quantitative estimate of drug-likeness (QED) is 0.260. The first kappa shape index (κ1) is 30.4. The third kappa shape index (κ3) is 7.02. The molecule has 1 aliphatic rings. The molecule has 0 saturated carbocycles. The Balaban J connectivity index is 1.54. The average molecular weight is 584 g/mol. The van der Waals surface area contributed by atoms with Crippen molar-refractivity contribution in [2.24, 2.45) is 5.92 Å². The van der Waals surface area contributed by atoms with Crippen LogP contribution in [0, 0.1) is 17.6 Å². The van der Waals surface area contributed by atoms with Crippen LogP contribution < -0.4 is 15.5 Å². The fraction of sp³-hybridized carbons (Fsp3) is 0.433. The molecule has 3 aromatic rings. The first-order chi connectivity index (χ1) is 19.3. The van der Waals surface area contributed by atoms with Gasteiger partial charge in [0.05, 0.1) is 53.2 Å². The summed E-state index contributed by atoms with van der Waals surface area (Å²) in [6.45, 7) is 14.3. The molecule has 41 heavy (non-hydrogen) atoms. The molecule has 11 heteroatoms. The van der Waals surface area contributed by atoms with Gasteiger partial charge in [-0.1, -0.05) is 39.8 Å². The maximum Gasteiger partial charge on any atom is 0.405 e. The Hall–Kier alpha value is -3.57. The minimum Gasteiger partial charge on any atom is -0.465 e. The number of carboxylic acid groups (broad SMARTS) is 1. The lowest BCUT2D eigenvalue weighted by Crippen LogP contribution is -2.62. The van der Waals surface area contributed by atoms with E-state index in [1.165, 1.54) is 18.2 Å². The standard InChI is InChI=1S/C30H39F2N5O3Si/c1-19-17-37(18-25(36-29(38)39)28(19)40-41(5,6)30(2,3)4)26-13-14-33-16-24(26)34-15-20-9-7-12-23(35-20)27-21(31)10-8-11-22(27)32/h7-14,16,19,25,28,34,36H,15,17-18H2,1-6H3,(H,38,39)/t19-,25+,28+/m0/s1. The normalized spacial score (nSPS) is 19.6. The first-order valence-electron chi connectivity index (χ1n) is 13.8. The van der Waals surface area contributed by atoms with E-state index in [0.29, 0.717) is 25.3 Å². The molecule has 1 aromatic carbocycles. The Kier molecular flexibility index (Phi) is 8.98. The molecule has 3 heterocycles. The number of rotatable bonds is 8. The molecular weight excluding hydrogens is 544 g/mol. The van der Waals surface area contributed by atoms with Crippen LogP contribution in [0.5, 0.6) is 0 Å². The van der Waals surface area contributed by atoms with Crippen LogP contribution in [0.15, 0.2) is 54.9 Å². The SMILES string of the molecule is C[C@H]1CN(c2ccncc2NCc2cccc(-c3c(F)cccc3F)n2)C[C@@H](NC(=O)O)[C@@H]1O[Si](C)(C)C(C)(C)C. The van der Waals surface area contributed by atoms with Crippen LogP contribution in [0.3, 0.4) is 0 Å². The molecule has 8 nitrogen and oxygen atoms in total. The van der Waals surface area contributed by atoms with Gasteiger partial charge in [-0.2, -0.15) is 0 Å². The number of amides is 1. The van der Waals surface area contributed by atoms with Crippen molar-refractivity contribution in [3.05, 3.63) is 72.2 Å². The van der Waals surface area contributed by atoms with E-state index in [4.69, 9.17) is 4.43 Å². The molecule has 3 N–H and O–H groups in total. The van der Waals surface area contributed by atoms with E-state index in [2.05, 4.69) is 66.3 Å². The molecule has 0 bridgehead atoms. The summed E-state index contributed by atoms with van der Waals surface area (Å²) in [5, 5.41) is 15.7. The maximum atomic E-state index is 14.3. The van der Waals surface area contributed by atoms with Crippen molar-refractivity contribution < 1.29 is 23.1 Å². The van der Waals surface area contributed by atoms with E-state index in [-0.39, 0.29) is 28.3 Å². The summed E-state index contributed by atoms with van der Waals surface area (Å²) >= 11 is 0. The highest BCUT2D eigenvalue weighted by molar-refractivity contribution is 6.74. The molecule has 3 atom stereocenters. The highest BCUT2D eigenvalue weighted by atomic mass is 28.4. The molecule has 0 aliphatic carbocycles. The molecule has 1 fully saturated rings. The van der Waals surface area contributed by atoms with Gasteiger partial charge in [0.15, 0.2) is 8.32 Å². The monoisotopic (exact) mass is 583 g/mol. The van der Waals surface area contributed by atoms with Crippen LogP contribution in [-0.2, 0) is 11.0 Å². The van der Waals surface area contributed by atoms with E-state index in [0.717, 1.165) is 11.4 Å². The van der Waals surface area contributed by atoms with Gasteiger partial charge in [0.1, 0.15) is 11.6 Å². The minimum atomic E-state index is -2.15. The van der Waals surface area contributed by atoms with Crippen LogP contribution in [0.2, 0.25) is 18.1 Å². The number of aromatic nitrogens is 2. The summed E-state index contributed by atoms with van der Waals surface area (Å²) in [6.07, 6.45) is 2.06. The van der Waals surface area contributed by atoms with Gasteiger partial charge in [-0.3, -0.25) is 9.97 Å². The van der Waals surface area contributed by atoms with E-state index in [9.17, 15) is 18.7 Å². The fourth-order valence-electron chi connectivity index (χ4n) is 4.91. The van der Waals surface area contributed by atoms with Crippen molar-refractivity contribution in [1.82, 2.24) is 15.3 Å². The first-order valence-corrected chi connectivity index (χ1v) is 16.7. The van der Waals surface area contributed by atoms with Gasteiger partial charge < -0.3 is 25.1 Å². The molecule has 1 saturated heterocycles. The smallest absolute Gasteiger partial charge is 0.405 e. The van der Waals surface area contributed by atoms with Crippen molar-refractivity contribution in [2.45, 2.75) is 64.5 Å².